The number of halogens is 2. The van der Waals surface area contributed by atoms with Gasteiger partial charge >= 0.3 is 0 Å². The van der Waals surface area contributed by atoms with Gasteiger partial charge in [-0.05, 0) is 80.5 Å². The van der Waals surface area contributed by atoms with Crippen LogP contribution in [0, 0.1) is 0 Å². The monoisotopic (exact) mass is 474 g/mol. The first-order valence-corrected chi connectivity index (χ1v) is 13.7. The van der Waals surface area contributed by atoms with Crippen LogP contribution in [-0.4, -0.2) is 23.3 Å². The predicted octanol–water partition coefficient (Wildman–Crippen LogP) is 6.79. The number of anilines is 4. The molecule has 1 aromatic heterocycles. The molecule has 5 nitrogen and oxygen atoms in total. The van der Waals surface area contributed by atoms with E-state index in [9.17, 15) is 4.57 Å². The molecule has 0 aliphatic heterocycles. The largest absolute Gasteiger partial charge is 0.338 e. The van der Waals surface area contributed by atoms with Crippen LogP contribution in [0.2, 0.25) is 10.0 Å². The van der Waals surface area contributed by atoms with Crippen LogP contribution in [0.1, 0.15) is 30.4 Å². The Bertz CT molecular complexity index is 1160. The van der Waals surface area contributed by atoms with Gasteiger partial charge in [0, 0.05) is 16.0 Å². The third-order valence-electron chi connectivity index (χ3n) is 5.39. The quantitative estimate of drug-likeness (QED) is 0.314. The van der Waals surface area contributed by atoms with Crippen molar-refractivity contribution in [1.82, 2.24) is 9.97 Å². The van der Waals surface area contributed by atoms with Crippen molar-refractivity contribution in [2.75, 3.05) is 24.0 Å². The lowest BCUT2D eigenvalue weighted by atomic mass is 10.0. The minimum absolute atomic E-state index is 0.371. The SMILES string of the molecule is CP(C)(=O)c1cc(Cl)ccc1Nc1nc(Nc2ccc3c(c2)CCCCC3)ncc1Cl. The summed E-state index contributed by atoms with van der Waals surface area (Å²) < 4.78 is 12.7. The lowest BCUT2D eigenvalue weighted by molar-refractivity contribution is 0.588. The van der Waals surface area contributed by atoms with E-state index in [1.165, 1.54) is 30.4 Å². The summed E-state index contributed by atoms with van der Waals surface area (Å²) in [6, 6.07) is 11.7. The average molecular weight is 475 g/mol. The zero-order valence-electron chi connectivity index (χ0n) is 17.6. The second-order valence-electron chi connectivity index (χ2n) is 8.20. The van der Waals surface area contributed by atoms with E-state index in [-0.39, 0.29) is 0 Å². The average Bonchev–Trinajstić information content (AvgIpc) is 2.96. The highest BCUT2D eigenvalue weighted by Crippen LogP contribution is 2.39. The smallest absolute Gasteiger partial charge is 0.229 e. The molecule has 162 valence electrons. The van der Waals surface area contributed by atoms with Crippen LogP contribution >= 0.6 is 30.3 Å². The highest BCUT2D eigenvalue weighted by molar-refractivity contribution is 7.70. The van der Waals surface area contributed by atoms with E-state index in [0.29, 0.717) is 32.8 Å². The van der Waals surface area contributed by atoms with Crippen LogP contribution in [-0.2, 0) is 17.4 Å². The summed E-state index contributed by atoms with van der Waals surface area (Å²) in [6.45, 7) is 3.41. The van der Waals surface area contributed by atoms with Gasteiger partial charge in [0.1, 0.15) is 12.2 Å². The summed E-state index contributed by atoms with van der Waals surface area (Å²) in [6.07, 6.45) is 7.56. The van der Waals surface area contributed by atoms with Gasteiger partial charge in [-0.1, -0.05) is 35.7 Å². The molecular weight excluding hydrogens is 450 g/mol. The van der Waals surface area contributed by atoms with Crippen LogP contribution in [0.4, 0.5) is 23.1 Å². The van der Waals surface area contributed by atoms with Crippen LogP contribution in [0.25, 0.3) is 0 Å². The van der Waals surface area contributed by atoms with Crippen molar-refractivity contribution in [2.45, 2.75) is 32.1 Å². The molecular formula is C23H25Cl2N4OP. The van der Waals surface area contributed by atoms with Gasteiger partial charge in [-0.25, -0.2) is 4.98 Å². The summed E-state index contributed by atoms with van der Waals surface area (Å²) in [5, 5.41) is 8.04. The van der Waals surface area contributed by atoms with Crippen molar-refractivity contribution in [1.29, 1.82) is 0 Å². The van der Waals surface area contributed by atoms with Gasteiger partial charge in [0.2, 0.25) is 5.95 Å². The number of hydrogen-bond donors (Lipinski definition) is 2. The van der Waals surface area contributed by atoms with Gasteiger partial charge in [0.15, 0.2) is 5.82 Å². The van der Waals surface area contributed by atoms with Crippen molar-refractivity contribution in [3.05, 3.63) is 63.8 Å². The first-order valence-electron chi connectivity index (χ1n) is 10.3. The molecule has 0 spiro atoms. The molecule has 2 N–H and O–H groups in total. The first-order chi connectivity index (χ1) is 14.8. The molecule has 0 saturated heterocycles. The Morgan fingerprint density at radius 1 is 0.935 bits per heavy atom. The zero-order chi connectivity index (χ0) is 22.0. The molecule has 31 heavy (non-hydrogen) atoms. The van der Waals surface area contributed by atoms with Crippen LogP contribution in [0.5, 0.6) is 0 Å². The zero-order valence-corrected chi connectivity index (χ0v) is 20.0. The molecule has 2 aromatic carbocycles. The number of hydrogen-bond acceptors (Lipinski definition) is 5. The van der Waals surface area contributed by atoms with Crippen LogP contribution in [0.15, 0.2) is 42.6 Å². The third-order valence-corrected chi connectivity index (χ3v) is 7.43. The molecule has 1 heterocycles. The number of fused-ring (bicyclic) bond motifs is 1. The van der Waals surface area contributed by atoms with Crippen molar-refractivity contribution in [3.63, 3.8) is 0 Å². The summed E-state index contributed by atoms with van der Waals surface area (Å²) in [5.41, 5.74) is 4.44. The molecule has 3 aromatic rings. The summed E-state index contributed by atoms with van der Waals surface area (Å²) >= 11 is 12.5. The normalized spacial score (nSPS) is 13.9. The molecule has 0 atom stereocenters. The fourth-order valence-electron chi connectivity index (χ4n) is 3.82. The summed E-state index contributed by atoms with van der Waals surface area (Å²) in [4.78, 5) is 8.87. The lowest BCUT2D eigenvalue weighted by Crippen LogP contribution is -2.11. The van der Waals surface area contributed by atoms with E-state index in [0.717, 1.165) is 18.5 Å². The highest BCUT2D eigenvalue weighted by atomic mass is 35.5. The van der Waals surface area contributed by atoms with Crippen molar-refractivity contribution < 1.29 is 4.57 Å². The van der Waals surface area contributed by atoms with Gasteiger partial charge in [-0.2, -0.15) is 4.98 Å². The molecule has 0 unspecified atom stereocenters. The molecule has 0 bridgehead atoms. The molecule has 0 saturated carbocycles. The first kappa shape index (κ1) is 22.1. The Balaban J connectivity index is 1.60. The molecule has 4 rings (SSSR count). The fraction of sp³-hybridized carbons (Fsp3) is 0.304. The topological polar surface area (TPSA) is 66.9 Å². The van der Waals surface area contributed by atoms with Gasteiger partial charge in [-0.3, -0.25) is 0 Å². The van der Waals surface area contributed by atoms with Gasteiger partial charge in [0.05, 0.1) is 11.9 Å². The van der Waals surface area contributed by atoms with E-state index in [2.05, 4.69) is 38.8 Å². The van der Waals surface area contributed by atoms with Crippen molar-refractivity contribution >= 4 is 58.8 Å². The van der Waals surface area contributed by atoms with Crippen LogP contribution < -0.4 is 15.9 Å². The molecule has 1 aliphatic rings. The Labute approximate surface area is 193 Å². The summed E-state index contributed by atoms with van der Waals surface area (Å²) in [5.74, 6) is 0.873. The Morgan fingerprint density at radius 3 is 2.48 bits per heavy atom. The standard InChI is InChI=1S/C23H25Cl2N4OP/c1-31(2,30)21-13-17(24)9-11-20(21)28-22-19(25)14-26-23(29-22)27-18-10-8-15-6-4-3-5-7-16(15)12-18/h8-14H,3-7H2,1-2H3,(H2,26,27,28,29). The Morgan fingerprint density at radius 2 is 1.71 bits per heavy atom. The fourth-order valence-corrected chi connectivity index (χ4v) is 5.36. The van der Waals surface area contributed by atoms with Gasteiger partial charge in [-0.15, -0.1) is 0 Å². The van der Waals surface area contributed by atoms with E-state index < -0.39 is 7.14 Å². The number of nitrogens with one attached hydrogen (secondary N) is 2. The lowest BCUT2D eigenvalue weighted by Gasteiger charge is -2.16. The maximum atomic E-state index is 12.7. The van der Waals surface area contributed by atoms with Crippen molar-refractivity contribution in [2.24, 2.45) is 0 Å². The molecule has 1 aliphatic carbocycles. The van der Waals surface area contributed by atoms with Gasteiger partial charge < -0.3 is 15.2 Å². The maximum Gasteiger partial charge on any atom is 0.229 e. The number of benzene rings is 2. The van der Waals surface area contributed by atoms with Crippen molar-refractivity contribution in [3.8, 4) is 0 Å². The second-order valence-corrected chi connectivity index (χ2v) is 12.2. The highest BCUT2D eigenvalue weighted by Gasteiger charge is 2.18. The minimum Gasteiger partial charge on any atom is -0.338 e. The molecule has 0 fully saturated rings. The third kappa shape index (κ3) is 5.41. The Hall–Kier alpha value is -2.07. The number of aromatic nitrogens is 2. The number of nitrogens with zero attached hydrogens (tertiary/aromatic N) is 2. The predicted molar refractivity (Wildman–Crippen MR) is 132 cm³/mol. The maximum absolute atomic E-state index is 12.7. The second kappa shape index (κ2) is 9.20. The van der Waals surface area contributed by atoms with E-state index >= 15 is 0 Å². The van der Waals surface area contributed by atoms with E-state index in [1.807, 2.05) is 0 Å². The molecule has 0 radical (unpaired) electrons. The van der Waals surface area contributed by atoms with Gasteiger partial charge in [0.25, 0.3) is 0 Å². The van der Waals surface area contributed by atoms with E-state index in [4.69, 9.17) is 23.2 Å². The summed E-state index contributed by atoms with van der Waals surface area (Å²) in [7, 11) is -2.57. The Kier molecular flexibility index (Phi) is 6.57. The minimum atomic E-state index is -2.57. The molecule has 0 amide bonds. The molecule has 8 heteroatoms. The van der Waals surface area contributed by atoms with Crippen LogP contribution in [0.3, 0.4) is 0 Å². The van der Waals surface area contributed by atoms with E-state index in [1.54, 1.807) is 37.7 Å². The number of rotatable bonds is 5. The number of aryl methyl sites for hydroxylation is 2.